The van der Waals surface area contributed by atoms with Crippen LogP contribution >= 0.6 is 11.3 Å². The fourth-order valence-corrected chi connectivity index (χ4v) is 3.45. The first kappa shape index (κ1) is 13.6. The molecule has 1 heterocycles. The fourth-order valence-electron chi connectivity index (χ4n) is 2.49. The third-order valence-electron chi connectivity index (χ3n) is 3.77. The molecule has 18 heavy (non-hydrogen) atoms. The molecule has 1 N–H and O–H groups in total. The van der Waals surface area contributed by atoms with Crippen molar-refractivity contribution in [2.75, 3.05) is 7.05 Å². The van der Waals surface area contributed by atoms with E-state index in [-0.39, 0.29) is 17.9 Å². The lowest BCUT2D eigenvalue weighted by Gasteiger charge is -2.28. The van der Waals surface area contributed by atoms with Crippen LogP contribution in [0.5, 0.6) is 0 Å². The first-order valence-electron chi connectivity index (χ1n) is 6.54. The van der Waals surface area contributed by atoms with Gasteiger partial charge in [-0.1, -0.05) is 0 Å². The van der Waals surface area contributed by atoms with Crippen molar-refractivity contribution in [3.05, 3.63) is 21.9 Å². The molecule has 1 aliphatic rings. The van der Waals surface area contributed by atoms with Crippen LogP contribution in [0.15, 0.2) is 11.4 Å². The van der Waals surface area contributed by atoms with Crippen molar-refractivity contribution >= 4 is 17.2 Å². The average Bonchev–Trinajstić information content (AvgIpc) is 2.75. The van der Waals surface area contributed by atoms with Gasteiger partial charge in [0.1, 0.15) is 0 Å². The first-order valence-corrected chi connectivity index (χ1v) is 7.42. The lowest BCUT2D eigenvalue weighted by molar-refractivity contribution is -0.136. The first-order chi connectivity index (χ1) is 8.58. The summed E-state index contributed by atoms with van der Waals surface area (Å²) in [6, 6.07) is 2.09. The maximum Gasteiger partial charge on any atom is 0.225 e. The quantitative estimate of drug-likeness (QED) is 0.914. The van der Waals surface area contributed by atoms with Gasteiger partial charge in [-0.2, -0.15) is 0 Å². The Balaban J connectivity index is 1.91. The molecular formula is C14H21NO2S. The van der Waals surface area contributed by atoms with Crippen molar-refractivity contribution in [1.29, 1.82) is 0 Å². The van der Waals surface area contributed by atoms with E-state index in [0.717, 1.165) is 25.7 Å². The predicted molar refractivity (Wildman–Crippen MR) is 73.5 cm³/mol. The number of carbonyl (C=O) groups is 1. The van der Waals surface area contributed by atoms with Crippen molar-refractivity contribution in [3.63, 3.8) is 0 Å². The van der Waals surface area contributed by atoms with Crippen LogP contribution in [-0.2, 0) is 11.3 Å². The van der Waals surface area contributed by atoms with Gasteiger partial charge in [-0.05, 0) is 49.6 Å². The Bertz CT molecular complexity index is 408. The molecule has 1 amide bonds. The van der Waals surface area contributed by atoms with E-state index in [0.29, 0.717) is 6.54 Å². The monoisotopic (exact) mass is 267 g/mol. The molecule has 1 aliphatic carbocycles. The summed E-state index contributed by atoms with van der Waals surface area (Å²) in [6.45, 7) is 2.79. The Morgan fingerprint density at radius 1 is 1.44 bits per heavy atom. The van der Waals surface area contributed by atoms with Gasteiger partial charge in [0.05, 0.1) is 12.6 Å². The van der Waals surface area contributed by atoms with E-state index in [1.54, 1.807) is 11.3 Å². The fraction of sp³-hybridized carbons (Fsp3) is 0.643. The molecule has 1 fully saturated rings. The summed E-state index contributed by atoms with van der Waals surface area (Å²) in [5.74, 6) is 0.341. The molecule has 0 aromatic carbocycles. The largest absolute Gasteiger partial charge is 0.393 e. The number of hydrogen-bond acceptors (Lipinski definition) is 3. The molecule has 1 aromatic rings. The zero-order valence-electron chi connectivity index (χ0n) is 11.1. The molecule has 3 nitrogen and oxygen atoms in total. The van der Waals surface area contributed by atoms with Crippen LogP contribution in [-0.4, -0.2) is 29.1 Å². The minimum atomic E-state index is -0.195. The molecular weight excluding hydrogens is 246 g/mol. The Hall–Kier alpha value is -0.870. The van der Waals surface area contributed by atoms with E-state index >= 15 is 0 Å². The number of rotatable bonds is 3. The highest BCUT2D eigenvalue weighted by Crippen LogP contribution is 2.26. The SMILES string of the molecule is Cc1ccsc1CN(C)C(=O)C1CCC(O)CC1. The van der Waals surface area contributed by atoms with Crippen LogP contribution < -0.4 is 0 Å². The smallest absolute Gasteiger partial charge is 0.225 e. The van der Waals surface area contributed by atoms with E-state index in [2.05, 4.69) is 18.4 Å². The summed E-state index contributed by atoms with van der Waals surface area (Å²) in [5, 5.41) is 11.5. The summed E-state index contributed by atoms with van der Waals surface area (Å²) in [5.41, 5.74) is 1.26. The standard InChI is InChI=1S/C14H21NO2S/c1-10-7-8-18-13(10)9-15(2)14(17)11-3-5-12(16)6-4-11/h7-8,11-12,16H,3-6,9H2,1-2H3. The molecule has 0 bridgehead atoms. The summed E-state index contributed by atoms with van der Waals surface area (Å²) < 4.78 is 0. The summed E-state index contributed by atoms with van der Waals surface area (Å²) in [4.78, 5) is 15.4. The Morgan fingerprint density at radius 2 is 2.11 bits per heavy atom. The molecule has 1 saturated carbocycles. The highest BCUT2D eigenvalue weighted by molar-refractivity contribution is 7.10. The Kier molecular flexibility index (Phi) is 4.40. The number of aliphatic hydroxyl groups is 1. The molecule has 0 unspecified atom stereocenters. The minimum Gasteiger partial charge on any atom is -0.393 e. The molecule has 0 aliphatic heterocycles. The van der Waals surface area contributed by atoms with E-state index in [1.165, 1.54) is 10.4 Å². The molecule has 2 rings (SSSR count). The molecule has 0 atom stereocenters. The molecule has 0 spiro atoms. The highest BCUT2D eigenvalue weighted by atomic mass is 32.1. The minimum absolute atomic E-state index is 0.110. The Morgan fingerprint density at radius 3 is 2.67 bits per heavy atom. The maximum atomic E-state index is 12.3. The Labute approximate surface area is 112 Å². The zero-order valence-corrected chi connectivity index (χ0v) is 11.9. The van der Waals surface area contributed by atoms with E-state index in [4.69, 9.17) is 0 Å². The van der Waals surface area contributed by atoms with Gasteiger partial charge in [-0.15, -0.1) is 11.3 Å². The van der Waals surface area contributed by atoms with Crippen molar-refractivity contribution < 1.29 is 9.90 Å². The second kappa shape index (κ2) is 5.85. The molecule has 0 saturated heterocycles. The molecule has 4 heteroatoms. The summed E-state index contributed by atoms with van der Waals surface area (Å²) in [7, 11) is 1.88. The van der Waals surface area contributed by atoms with Crippen LogP contribution in [0.1, 0.15) is 36.1 Å². The number of carbonyl (C=O) groups excluding carboxylic acids is 1. The summed E-state index contributed by atoms with van der Waals surface area (Å²) >= 11 is 1.71. The topological polar surface area (TPSA) is 40.5 Å². The van der Waals surface area contributed by atoms with Gasteiger partial charge in [0.2, 0.25) is 5.91 Å². The van der Waals surface area contributed by atoms with Crippen LogP contribution in [0.25, 0.3) is 0 Å². The third-order valence-corrected chi connectivity index (χ3v) is 4.78. The van der Waals surface area contributed by atoms with E-state index in [9.17, 15) is 9.90 Å². The summed E-state index contributed by atoms with van der Waals surface area (Å²) in [6.07, 6.45) is 2.99. The third kappa shape index (κ3) is 3.12. The number of aryl methyl sites for hydroxylation is 1. The lowest BCUT2D eigenvalue weighted by Crippen LogP contribution is -2.35. The lowest BCUT2D eigenvalue weighted by atomic mass is 9.86. The second-order valence-electron chi connectivity index (χ2n) is 5.23. The normalized spacial score (nSPS) is 23.9. The second-order valence-corrected chi connectivity index (χ2v) is 6.23. The highest BCUT2D eigenvalue weighted by Gasteiger charge is 2.27. The average molecular weight is 267 g/mol. The van der Waals surface area contributed by atoms with Gasteiger partial charge in [0, 0.05) is 17.8 Å². The van der Waals surface area contributed by atoms with Crippen molar-refractivity contribution in [1.82, 2.24) is 4.90 Å². The van der Waals surface area contributed by atoms with Gasteiger partial charge < -0.3 is 10.0 Å². The predicted octanol–water partition coefficient (Wildman–Crippen LogP) is 2.57. The van der Waals surface area contributed by atoms with Crippen molar-refractivity contribution in [3.8, 4) is 0 Å². The zero-order chi connectivity index (χ0) is 13.1. The molecule has 100 valence electrons. The number of hydrogen-bond donors (Lipinski definition) is 1. The van der Waals surface area contributed by atoms with Gasteiger partial charge in [-0.3, -0.25) is 4.79 Å². The van der Waals surface area contributed by atoms with Crippen LogP contribution in [0.2, 0.25) is 0 Å². The van der Waals surface area contributed by atoms with Gasteiger partial charge in [0.15, 0.2) is 0 Å². The van der Waals surface area contributed by atoms with Gasteiger partial charge >= 0.3 is 0 Å². The van der Waals surface area contributed by atoms with Crippen LogP contribution in [0, 0.1) is 12.8 Å². The molecule has 1 aromatic heterocycles. The van der Waals surface area contributed by atoms with E-state index < -0.39 is 0 Å². The van der Waals surface area contributed by atoms with Gasteiger partial charge in [-0.25, -0.2) is 0 Å². The van der Waals surface area contributed by atoms with Crippen LogP contribution in [0.3, 0.4) is 0 Å². The van der Waals surface area contributed by atoms with Crippen molar-refractivity contribution in [2.24, 2.45) is 5.92 Å². The number of thiophene rings is 1. The van der Waals surface area contributed by atoms with Gasteiger partial charge in [0.25, 0.3) is 0 Å². The number of aliphatic hydroxyl groups excluding tert-OH is 1. The van der Waals surface area contributed by atoms with Crippen LogP contribution in [0.4, 0.5) is 0 Å². The molecule has 0 radical (unpaired) electrons. The number of amides is 1. The van der Waals surface area contributed by atoms with Crippen molar-refractivity contribution in [2.45, 2.75) is 45.3 Å². The maximum absolute atomic E-state index is 12.3. The number of nitrogens with zero attached hydrogens (tertiary/aromatic N) is 1. The van der Waals surface area contributed by atoms with E-state index in [1.807, 2.05) is 11.9 Å².